The molecule has 2 rings (SSSR count). The molecule has 0 saturated carbocycles. The Morgan fingerprint density at radius 1 is 1.21 bits per heavy atom. The monoisotopic (exact) mass is 404 g/mol. The first-order valence-electron chi connectivity index (χ1n) is 9.71. The largest absolute Gasteiger partial charge is 0.465 e. The van der Waals surface area contributed by atoms with Gasteiger partial charge in [0.25, 0.3) is 5.91 Å². The van der Waals surface area contributed by atoms with E-state index in [1.807, 2.05) is 0 Å². The molecule has 1 atom stereocenters. The maximum Gasteiger partial charge on any atom is 0.338 e. The van der Waals surface area contributed by atoms with Crippen LogP contribution in [-0.4, -0.2) is 61.0 Å². The predicted octanol–water partition coefficient (Wildman–Crippen LogP) is 1.54. The summed E-state index contributed by atoms with van der Waals surface area (Å²) in [6, 6.07) is 8.34. The minimum absolute atomic E-state index is 0.0122. The summed E-state index contributed by atoms with van der Waals surface area (Å²) in [7, 11) is 0. The van der Waals surface area contributed by atoms with E-state index >= 15 is 0 Å². The molecule has 1 aromatic rings. The van der Waals surface area contributed by atoms with Gasteiger partial charge < -0.3 is 19.7 Å². The van der Waals surface area contributed by atoms with Crippen molar-refractivity contribution in [1.29, 1.82) is 0 Å². The fourth-order valence-corrected chi connectivity index (χ4v) is 3.23. The smallest absolute Gasteiger partial charge is 0.338 e. The summed E-state index contributed by atoms with van der Waals surface area (Å²) in [6.45, 7) is 5.91. The van der Waals surface area contributed by atoms with E-state index in [0.29, 0.717) is 18.5 Å². The molecule has 0 radical (unpaired) electrons. The number of nitrogens with one attached hydrogen (secondary N) is 1. The van der Waals surface area contributed by atoms with Crippen LogP contribution in [0.2, 0.25) is 0 Å². The van der Waals surface area contributed by atoms with E-state index in [9.17, 15) is 19.2 Å². The number of carbonyl (C=O) groups excluding carboxylic acids is 4. The van der Waals surface area contributed by atoms with Crippen molar-refractivity contribution in [3.05, 3.63) is 35.9 Å². The van der Waals surface area contributed by atoms with Crippen LogP contribution in [-0.2, 0) is 23.9 Å². The van der Waals surface area contributed by atoms with Crippen LogP contribution < -0.4 is 5.32 Å². The third-order valence-electron chi connectivity index (χ3n) is 4.66. The standard InChI is InChI=1S/C21H28N2O6/c1-4-28-17(25)13-22-19(26)18(29-20(27)15-9-6-5-7-10-15)21(2,3)14-23-12-8-11-16(23)24/h5-7,9-10,18H,4,8,11-14H2,1-3H3,(H,22,26)/t18-/m1/s1. The third-order valence-corrected chi connectivity index (χ3v) is 4.66. The van der Waals surface area contributed by atoms with Crippen molar-refractivity contribution in [2.75, 3.05) is 26.2 Å². The average Bonchev–Trinajstić information content (AvgIpc) is 3.08. The Morgan fingerprint density at radius 3 is 2.48 bits per heavy atom. The molecule has 8 nitrogen and oxygen atoms in total. The summed E-state index contributed by atoms with van der Waals surface area (Å²) in [5.74, 6) is -1.83. The molecule has 1 heterocycles. The highest BCUT2D eigenvalue weighted by atomic mass is 16.6. The zero-order valence-electron chi connectivity index (χ0n) is 17.1. The van der Waals surface area contributed by atoms with E-state index < -0.39 is 29.4 Å². The lowest BCUT2D eigenvalue weighted by atomic mass is 9.85. The van der Waals surface area contributed by atoms with Crippen LogP contribution in [0.15, 0.2) is 30.3 Å². The Kier molecular flexibility index (Phi) is 7.75. The zero-order valence-corrected chi connectivity index (χ0v) is 17.1. The van der Waals surface area contributed by atoms with Gasteiger partial charge in [-0.25, -0.2) is 4.79 Å². The van der Waals surface area contributed by atoms with Crippen molar-refractivity contribution in [1.82, 2.24) is 10.2 Å². The van der Waals surface area contributed by atoms with E-state index in [-0.39, 0.29) is 25.6 Å². The minimum atomic E-state index is -1.20. The Bertz CT molecular complexity index is 747. The second-order valence-electron chi connectivity index (χ2n) is 7.58. The summed E-state index contributed by atoms with van der Waals surface area (Å²) < 4.78 is 10.4. The quantitative estimate of drug-likeness (QED) is 0.627. The number of esters is 2. The van der Waals surface area contributed by atoms with Gasteiger partial charge in [-0.05, 0) is 25.5 Å². The van der Waals surface area contributed by atoms with Crippen LogP contribution >= 0.6 is 0 Å². The van der Waals surface area contributed by atoms with Crippen molar-refractivity contribution in [2.45, 2.75) is 39.7 Å². The van der Waals surface area contributed by atoms with Crippen molar-refractivity contribution in [3.63, 3.8) is 0 Å². The molecule has 0 unspecified atom stereocenters. The maximum atomic E-state index is 12.8. The number of benzene rings is 1. The number of ether oxygens (including phenoxy) is 2. The number of hydrogen-bond acceptors (Lipinski definition) is 6. The van der Waals surface area contributed by atoms with Gasteiger partial charge in [-0.15, -0.1) is 0 Å². The van der Waals surface area contributed by atoms with Gasteiger partial charge in [-0.3, -0.25) is 14.4 Å². The molecule has 158 valence electrons. The van der Waals surface area contributed by atoms with E-state index in [1.165, 1.54) is 0 Å². The fourth-order valence-electron chi connectivity index (χ4n) is 3.23. The Hall–Kier alpha value is -2.90. The van der Waals surface area contributed by atoms with Gasteiger partial charge in [0.2, 0.25) is 5.91 Å². The van der Waals surface area contributed by atoms with Crippen LogP contribution in [0, 0.1) is 5.41 Å². The second-order valence-corrected chi connectivity index (χ2v) is 7.58. The van der Waals surface area contributed by atoms with Crippen molar-refractivity contribution in [2.24, 2.45) is 5.41 Å². The molecule has 29 heavy (non-hydrogen) atoms. The number of likely N-dealkylation sites (tertiary alicyclic amines) is 1. The highest BCUT2D eigenvalue weighted by Gasteiger charge is 2.41. The molecule has 1 aliphatic rings. The van der Waals surface area contributed by atoms with Gasteiger partial charge in [-0.1, -0.05) is 32.0 Å². The van der Waals surface area contributed by atoms with Crippen LogP contribution in [0.4, 0.5) is 0 Å². The van der Waals surface area contributed by atoms with Gasteiger partial charge >= 0.3 is 11.9 Å². The normalized spacial score (nSPS) is 15.0. The van der Waals surface area contributed by atoms with Crippen LogP contribution in [0.25, 0.3) is 0 Å². The molecule has 8 heteroatoms. The number of carbonyl (C=O) groups is 4. The van der Waals surface area contributed by atoms with Crippen molar-refractivity contribution >= 4 is 23.8 Å². The molecular formula is C21H28N2O6. The summed E-state index contributed by atoms with van der Waals surface area (Å²) in [5.41, 5.74) is -0.563. The van der Waals surface area contributed by atoms with Gasteiger partial charge in [-0.2, -0.15) is 0 Å². The first kappa shape index (κ1) is 22.4. The van der Waals surface area contributed by atoms with E-state index in [4.69, 9.17) is 9.47 Å². The Balaban J connectivity index is 2.16. The molecule has 0 aromatic heterocycles. The molecule has 0 spiro atoms. The van der Waals surface area contributed by atoms with E-state index in [1.54, 1.807) is 56.0 Å². The molecule has 0 bridgehead atoms. The summed E-state index contributed by atoms with van der Waals surface area (Å²) >= 11 is 0. The SMILES string of the molecule is CCOC(=O)CNC(=O)[C@@H](OC(=O)c1ccccc1)C(C)(C)CN1CCCC1=O. The van der Waals surface area contributed by atoms with Gasteiger partial charge in [0.15, 0.2) is 6.10 Å². The topological polar surface area (TPSA) is 102 Å². The lowest BCUT2D eigenvalue weighted by Crippen LogP contribution is -2.52. The molecular weight excluding hydrogens is 376 g/mol. The first-order chi connectivity index (χ1) is 13.7. The number of hydrogen-bond donors (Lipinski definition) is 1. The van der Waals surface area contributed by atoms with Crippen LogP contribution in [0.1, 0.15) is 44.0 Å². The van der Waals surface area contributed by atoms with E-state index in [0.717, 1.165) is 6.42 Å². The zero-order chi connectivity index (χ0) is 21.4. The van der Waals surface area contributed by atoms with Crippen LogP contribution in [0.5, 0.6) is 0 Å². The highest BCUT2D eigenvalue weighted by molar-refractivity contribution is 5.93. The third kappa shape index (κ3) is 6.30. The molecule has 1 fully saturated rings. The average molecular weight is 404 g/mol. The Morgan fingerprint density at radius 2 is 1.90 bits per heavy atom. The first-order valence-corrected chi connectivity index (χ1v) is 9.71. The Labute approximate surface area is 170 Å². The number of rotatable bonds is 9. The van der Waals surface area contributed by atoms with E-state index in [2.05, 4.69) is 5.32 Å². The van der Waals surface area contributed by atoms with Gasteiger partial charge in [0.05, 0.1) is 12.2 Å². The number of amides is 2. The van der Waals surface area contributed by atoms with Crippen molar-refractivity contribution < 1.29 is 28.7 Å². The number of nitrogens with zero attached hydrogens (tertiary/aromatic N) is 1. The highest BCUT2D eigenvalue weighted by Crippen LogP contribution is 2.28. The fraction of sp³-hybridized carbons (Fsp3) is 0.524. The molecule has 1 aliphatic heterocycles. The summed E-state index contributed by atoms with van der Waals surface area (Å²) in [5, 5.41) is 2.47. The molecule has 0 aliphatic carbocycles. The predicted molar refractivity (Wildman–Crippen MR) is 105 cm³/mol. The lowest BCUT2D eigenvalue weighted by Gasteiger charge is -2.35. The van der Waals surface area contributed by atoms with Crippen LogP contribution in [0.3, 0.4) is 0 Å². The van der Waals surface area contributed by atoms with Gasteiger partial charge in [0, 0.05) is 24.9 Å². The van der Waals surface area contributed by atoms with Gasteiger partial charge in [0.1, 0.15) is 6.54 Å². The molecule has 1 aromatic carbocycles. The molecule has 2 amide bonds. The minimum Gasteiger partial charge on any atom is -0.465 e. The molecule has 1 N–H and O–H groups in total. The van der Waals surface area contributed by atoms with Crippen molar-refractivity contribution in [3.8, 4) is 0 Å². The lowest BCUT2D eigenvalue weighted by molar-refractivity contribution is -0.146. The molecule has 1 saturated heterocycles. The maximum absolute atomic E-state index is 12.8. The summed E-state index contributed by atoms with van der Waals surface area (Å²) in [6.07, 6.45) is 0.0379. The second kappa shape index (κ2) is 10.0. The summed E-state index contributed by atoms with van der Waals surface area (Å²) in [4.78, 5) is 50.7.